The molecule has 0 fully saturated rings. The van der Waals surface area contributed by atoms with Gasteiger partial charge >= 0.3 is 19.8 Å². The number of carbonyl (C=O) groups is 2. The van der Waals surface area contributed by atoms with Crippen molar-refractivity contribution < 1.29 is 42.1 Å². The van der Waals surface area contributed by atoms with Crippen molar-refractivity contribution >= 4 is 19.8 Å². The highest BCUT2D eigenvalue weighted by atomic mass is 31.2. The minimum absolute atomic E-state index is 0.0317. The molecule has 2 atom stereocenters. The van der Waals surface area contributed by atoms with E-state index in [0.717, 1.165) is 25.7 Å². The summed E-state index contributed by atoms with van der Waals surface area (Å²) in [4.78, 5) is 35.5. The molecule has 0 saturated heterocycles. The molecule has 0 aromatic rings. The maximum Gasteiger partial charge on any atom is 0.472 e. The summed E-state index contributed by atoms with van der Waals surface area (Å²) in [7, 11) is 1.48. The molecular formula is C52H103NO8P+. The van der Waals surface area contributed by atoms with Gasteiger partial charge in [0.2, 0.25) is 0 Å². The molecule has 9 nitrogen and oxygen atoms in total. The van der Waals surface area contributed by atoms with Gasteiger partial charge in [-0.05, 0) is 32.1 Å². The maximum absolute atomic E-state index is 12.7. The van der Waals surface area contributed by atoms with E-state index in [9.17, 15) is 19.0 Å². The van der Waals surface area contributed by atoms with Gasteiger partial charge in [0.05, 0.1) is 27.7 Å². The third kappa shape index (κ3) is 48.2. The number of unbranched alkanes of at least 4 members (excludes halogenated alkanes) is 33. The third-order valence-corrected chi connectivity index (χ3v) is 12.8. The number of carbonyl (C=O) groups excluding carboxylic acids is 2. The molecule has 0 aliphatic carbocycles. The van der Waals surface area contributed by atoms with Gasteiger partial charge < -0.3 is 18.9 Å². The summed E-state index contributed by atoms with van der Waals surface area (Å²) in [5, 5.41) is 0. The second-order valence-corrected chi connectivity index (χ2v) is 20.7. The molecule has 368 valence electrons. The van der Waals surface area contributed by atoms with Gasteiger partial charge in [0.1, 0.15) is 19.8 Å². The van der Waals surface area contributed by atoms with Crippen molar-refractivity contribution in [2.75, 3.05) is 47.5 Å². The zero-order chi connectivity index (χ0) is 45.7. The molecule has 0 aliphatic heterocycles. The Hall–Kier alpha value is -1.25. The van der Waals surface area contributed by atoms with Crippen molar-refractivity contribution in [1.29, 1.82) is 0 Å². The molecular weight excluding hydrogens is 798 g/mol. The first-order valence-corrected chi connectivity index (χ1v) is 27.9. The number of quaternary nitrogens is 1. The van der Waals surface area contributed by atoms with Crippen molar-refractivity contribution in [3.05, 3.63) is 12.2 Å². The summed E-state index contributed by atoms with van der Waals surface area (Å²) in [6.45, 7) is 4.45. The Morgan fingerprint density at radius 3 is 1.24 bits per heavy atom. The number of ether oxygens (including phenoxy) is 2. The number of nitrogens with zero attached hydrogens (tertiary/aromatic N) is 1. The van der Waals surface area contributed by atoms with Crippen LogP contribution in [0.1, 0.15) is 258 Å². The van der Waals surface area contributed by atoms with Crippen LogP contribution in [-0.2, 0) is 32.7 Å². The molecule has 0 saturated carbocycles. The second kappa shape index (κ2) is 44.9. The van der Waals surface area contributed by atoms with E-state index in [1.807, 2.05) is 21.1 Å². The lowest BCUT2D eigenvalue weighted by Crippen LogP contribution is -2.37. The highest BCUT2D eigenvalue weighted by Gasteiger charge is 2.27. The van der Waals surface area contributed by atoms with Crippen LogP contribution in [0.2, 0.25) is 0 Å². The number of allylic oxidation sites excluding steroid dienone is 2. The molecule has 0 heterocycles. The lowest BCUT2D eigenvalue weighted by atomic mass is 10.0. The average Bonchev–Trinajstić information content (AvgIpc) is 3.23. The van der Waals surface area contributed by atoms with Gasteiger partial charge in [-0.2, -0.15) is 0 Å². The van der Waals surface area contributed by atoms with Crippen molar-refractivity contribution in [3.8, 4) is 0 Å². The van der Waals surface area contributed by atoms with Gasteiger partial charge in [-0.3, -0.25) is 18.6 Å². The molecule has 0 aromatic heterocycles. The first-order chi connectivity index (χ1) is 30.0. The Morgan fingerprint density at radius 1 is 0.484 bits per heavy atom. The van der Waals surface area contributed by atoms with Crippen LogP contribution in [0.5, 0.6) is 0 Å². The topological polar surface area (TPSA) is 108 Å². The van der Waals surface area contributed by atoms with Crippen LogP contribution in [0, 0.1) is 0 Å². The van der Waals surface area contributed by atoms with Crippen LogP contribution in [-0.4, -0.2) is 74.9 Å². The zero-order valence-electron chi connectivity index (χ0n) is 41.6. The minimum Gasteiger partial charge on any atom is -0.462 e. The first-order valence-electron chi connectivity index (χ1n) is 26.4. The molecule has 1 N–H and O–H groups in total. The lowest BCUT2D eigenvalue weighted by Gasteiger charge is -2.24. The Bertz CT molecular complexity index is 1060. The summed E-state index contributed by atoms with van der Waals surface area (Å²) < 4.78 is 34.4. The van der Waals surface area contributed by atoms with Crippen molar-refractivity contribution in [1.82, 2.24) is 0 Å². The number of rotatable bonds is 49. The van der Waals surface area contributed by atoms with Crippen LogP contribution in [0.3, 0.4) is 0 Å². The molecule has 62 heavy (non-hydrogen) atoms. The highest BCUT2D eigenvalue weighted by molar-refractivity contribution is 7.47. The predicted octanol–water partition coefficient (Wildman–Crippen LogP) is 15.7. The molecule has 0 spiro atoms. The molecule has 0 amide bonds. The molecule has 0 aromatic carbocycles. The summed E-state index contributed by atoms with van der Waals surface area (Å²) in [5.74, 6) is -0.820. The molecule has 0 aliphatic rings. The lowest BCUT2D eigenvalue weighted by molar-refractivity contribution is -0.870. The molecule has 10 heteroatoms. The van der Waals surface area contributed by atoms with E-state index in [-0.39, 0.29) is 26.1 Å². The van der Waals surface area contributed by atoms with Gasteiger partial charge in [0.25, 0.3) is 0 Å². The van der Waals surface area contributed by atoms with Crippen molar-refractivity contribution in [2.45, 2.75) is 264 Å². The SMILES string of the molecule is CCCCCCCCCCCCCCCCCCCC/C=C/CCCC(=O)OC[C@@H](COP(=O)(O)OCC[N+](C)(C)C)OC(=O)CCCCCCCCCCCCCCCCC. The minimum atomic E-state index is -4.38. The third-order valence-electron chi connectivity index (χ3n) is 11.8. The number of phosphoric ester groups is 1. The van der Waals surface area contributed by atoms with E-state index in [1.165, 1.54) is 193 Å². The normalized spacial score (nSPS) is 13.5. The van der Waals surface area contributed by atoms with Gasteiger partial charge in [0, 0.05) is 12.8 Å². The van der Waals surface area contributed by atoms with Gasteiger partial charge in [0.15, 0.2) is 6.10 Å². The van der Waals surface area contributed by atoms with Crippen molar-refractivity contribution in [2.24, 2.45) is 0 Å². The van der Waals surface area contributed by atoms with Gasteiger partial charge in [-0.1, -0.05) is 225 Å². The van der Waals surface area contributed by atoms with Gasteiger partial charge in [-0.25, -0.2) is 4.57 Å². The summed E-state index contributed by atoms with van der Waals surface area (Å²) in [6.07, 6.45) is 49.9. The van der Waals surface area contributed by atoms with Crippen LogP contribution < -0.4 is 0 Å². The Morgan fingerprint density at radius 2 is 0.839 bits per heavy atom. The zero-order valence-corrected chi connectivity index (χ0v) is 42.5. The van der Waals surface area contributed by atoms with Crippen molar-refractivity contribution in [3.63, 3.8) is 0 Å². The Balaban J connectivity index is 4.19. The van der Waals surface area contributed by atoms with Crippen LogP contribution in [0.25, 0.3) is 0 Å². The van der Waals surface area contributed by atoms with Crippen LogP contribution in [0.15, 0.2) is 12.2 Å². The summed E-state index contributed by atoms with van der Waals surface area (Å²) >= 11 is 0. The summed E-state index contributed by atoms with van der Waals surface area (Å²) in [5.41, 5.74) is 0. The number of hydrogen-bond donors (Lipinski definition) is 1. The fourth-order valence-electron chi connectivity index (χ4n) is 7.67. The fourth-order valence-corrected chi connectivity index (χ4v) is 8.41. The van der Waals surface area contributed by atoms with Crippen LogP contribution in [0.4, 0.5) is 0 Å². The van der Waals surface area contributed by atoms with E-state index in [1.54, 1.807) is 0 Å². The predicted molar refractivity (Wildman–Crippen MR) is 261 cm³/mol. The first kappa shape index (κ1) is 60.8. The molecule has 0 rings (SSSR count). The van der Waals surface area contributed by atoms with Gasteiger partial charge in [-0.15, -0.1) is 0 Å². The van der Waals surface area contributed by atoms with Crippen LogP contribution >= 0.6 is 7.82 Å². The second-order valence-electron chi connectivity index (χ2n) is 19.3. The van der Waals surface area contributed by atoms with E-state index in [4.69, 9.17) is 18.5 Å². The number of phosphoric acid groups is 1. The molecule has 1 unspecified atom stereocenters. The quantitative estimate of drug-likeness (QED) is 0.0211. The monoisotopic (exact) mass is 901 g/mol. The fraction of sp³-hybridized carbons (Fsp3) is 0.923. The smallest absolute Gasteiger partial charge is 0.462 e. The number of likely N-dealkylation sites (N-methyl/N-ethyl adjacent to an activating group) is 1. The van der Waals surface area contributed by atoms with E-state index >= 15 is 0 Å². The molecule has 0 radical (unpaired) electrons. The summed E-state index contributed by atoms with van der Waals surface area (Å²) in [6, 6.07) is 0. The standard InChI is InChI=1S/C52H102NO8P/c1-6-8-10-12-14-16-18-20-22-23-24-25-26-27-28-29-31-32-34-36-38-40-42-44-51(54)58-48-50(49-60-62(56,57)59-47-46-53(3,4)5)61-52(55)45-43-41-39-37-35-33-30-21-19-17-15-13-11-9-7-2/h36,38,50H,6-35,37,39-49H2,1-5H3/p+1/b38-36+/t50-/m0/s1. The number of esters is 2. The molecule has 0 bridgehead atoms. The largest absolute Gasteiger partial charge is 0.472 e. The highest BCUT2D eigenvalue weighted by Crippen LogP contribution is 2.43. The Kier molecular flexibility index (Phi) is 44.0. The van der Waals surface area contributed by atoms with E-state index in [0.29, 0.717) is 23.9 Å². The average molecular weight is 901 g/mol. The Labute approximate surface area is 384 Å². The van der Waals surface area contributed by atoms with E-state index in [2.05, 4.69) is 26.0 Å². The number of hydrogen-bond acceptors (Lipinski definition) is 7. The maximum atomic E-state index is 12.7. The van der Waals surface area contributed by atoms with E-state index < -0.39 is 32.5 Å².